The van der Waals surface area contributed by atoms with Crippen LogP contribution in [0.1, 0.15) is 0 Å². The number of aromatic nitrogens is 2. The summed E-state index contributed by atoms with van der Waals surface area (Å²) in [6, 6.07) is 9.46. The van der Waals surface area contributed by atoms with E-state index in [0.29, 0.717) is 16.5 Å². The van der Waals surface area contributed by atoms with Gasteiger partial charge in [0.2, 0.25) is 0 Å². The standard InChI is InChI=1S/C11H9Cl2N5O/c12-7-2-1-3-8(6-7)14-11(19)18-17-10-5-4-9(13)15-16-10/h1-6H,(H,16,17)(H2,14,18,19). The highest BCUT2D eigenvalue weighted by molar-refractivity contribution is 6.30. The van der Waals surface area contributed by atoms with Crippen LogP contribution in [0.25, 0.3) is 0 Å². The van der Waals surface area contributed by atoms with E-state index in [9.17, 15) is 4.79 Å². The molecule has 0 saturated heterocycles. The third-order valence-electron chi connectivity index (χ3n) is 2.02. The molecule has 0 spiro atoms. The molecule has 0 aliphatic carbocycles. The minimum Gasteiger partial charge on any atom is -0.307 e. The van der Waals surface area contributed by atoms with Crippen molar-refractivity contribution < 1.29 is 4.79 Å². The van der Waals surface area contributed by atoms with E-state index in [4.69, 9.17) is 23.2 Å². The van der Waals surface area contributed by atoms with Gasteiger partial charge < -0.3 is 5.32 Å². The molecule has 6 nitrogen and oxygen atoms in total. The van der Waals surface area contributed by atoms with Crippen molar-refractivity contribution in [2.24, 2.45) is 0 Å². The van der Waals surface area contributed by atoms with Gasteiger partial charge in [0.05, 0.1) is 0 Å². The molecule has 0 saturated carbocycles. The van der Waals surface area contributed by atoms with E-state index in [-0.39, 0.29) is 5.15 Å². The summed E-state index contributed by atoms with van der Waals surface area (Å²) in [6.45, 7) is 0. The molecule has 3 N–H and O–H groups in total. The first-order valence-electron chi connectivity index (χ1n) is 5.21. The maximum absolute atomic E-state index is 11.6. The summed E-state index contributed by atoms with van der Waals surface area (Å²) in [4.78, 5) is 11.6. The number of hydrazine groups is 1. The summed E-state index contributed by atoms with van der Waals surface area (Å²) in [5, 5.41) is 10.7. The van der Waals surface area contributed by atoms with E-state index >= 15 is 0 Å². The monoisotopic (exact) mass is 297 g/mol. The van der Waals surface area contributed by atoms with Crippen LogP contribution in [0.15, 0.2) is 36.4 Å². The Bertz CT molecular complexity index is 576. The van der Waals surface area contributed by atoms with E-state index in [0.717, 1.165) is 0 Å². The molecule has 0 fully saturated rings. The molecule has 0 bridgehead atoms. The maximum Gasteiger partial charge on any atom is 0.337 e. The number of hydrogen-bond acceptors (Lipinski definition) is 4. The zero-order chi connectivity index (χ0) is 13.7. The number of rotatable bonds is 3. The number of benzene rings is 1. The van der Waals surface area contributed by atoms with Gasteiger partial charge in [-0.25, -0.2) is 10.2 Å². The molecule has 19 heavy (non-hydrogen) atoms. The van der Waals surface area contributed by atoms with Gasteiger partial charge in [-0.2, -0.15) is 0 Å². The first-order chi connectivity index (χ1) is 9.13. The number of nitrogens with zero attached hydrogens (tertiary/aromatic N) is 2. The quantitative estimate of drug-likeness (QED) is 0.761. The second-order valence-electron chi connectivity index (χ2n) is 3.46. The Hall–Kier alpha value is -2.05. The Labute approximate surface area is 119 Å². The molecule has 0 atom stereocenters. The van der Waals surface area contributed by atoms with Crippen LogP contribution in [0.5, 0.6) is 0 Å². The molecule has 0 aliphatic heterocycles. The van der Waals surface area contributed by atoms with Crippen LogP contribution >= 0.6 is 23.2 Å². The lowest BCUT2D eigenvalue weighted by molar-refractivity contribution is 0.254. The van der Waals surface area contributed by atoms with E-state index in [2.05, 4.69) is 26.4 Å². The zero-order valence-corrected chi connectivity index (χ0v) is 11.0. The van der Waals surface area contributed by atoms with Crippen molar-refractivity contribution in [2.45, 2.75) is 0 Å². The molecular weight excluding hydrogens is 289 g/mol. The number of nitrogens with one attached hydrogen (secondary N) is 3. The van der Waals surface area contributed by atoms with Gasteiger partial charge in [-0.3, -0.25) is 5.43 Å². The highest BCUT2D eigenvalue weighted by Gasteiger charge is 2.02. The van der Waals surface area contributed by atoms with Gasteiger partial charge in [-0.15, -0.1) is 10.2 Å². The number of urea groups is 1. The molecule has 0 radical (unpaired) electrons. The van der Waals surface area contributed by atoms with Crippen molar-refractivity contribution in [1.82, 2.24) is 15.6 Å². The molecule has 2 rings (SSSR count). The third-order valence-corrected chi connectivity index (χ3v) is 2.46. The number of carbonyl (C=O) groups excluding carboxylic acids is 1. The predicted octanol–water partition coefficient (Wildman–Crippen LogP) is 2.93. The fourth-order valence-electron chi connectivity index (χ4n) is 1.23. The van der Waals surface area contributed by atoms with Crippen molar-refractivity contribution in [3.63, 3.8) is 0 Å². The summed E-state index contributed by atoms with van der Waals surface area (Å²) in [5.41, 5.74) is 5.55. The van der Waals surface area contributed by atoms with Crippen molar-refractivity contribution >= 4 is 40.7 Å². The topological polar surface area (TPSA) is 78.9 Å². The Morgan fingerprint density at radius 1 is 1.11 bits per heavy atom. The van der Waals surface area contributed by atoms with Crippen LogP contribution in [0.3, 0.4) is 0 Å². The van der Waals surface area contributed by atoms with E-state index in [1.165, 1.54) is 0 Å². The van der Waals surface area contributed by atoms with Gasteiger partial charge in [0.1, 0.15) is 0 Å². The zero-order valence-electron chi connectivity index (χ0n) is 9.52. The van der Waals surface area contributed by atoms with Crippen molar-refractivity contribution in [3.05, 3.63) is 46.6 Å². The highest BCUT2D eigenvalue weighted by Crippen LogP contribution is 2.14. The Kier molecular flexibility index (Phi) is 4.38. The van der Waals surface area contributed by atoms with Crippen molar-refractivity contribution in [2.75, 3.05) is 10.7 Å². The number of anilines is 2. The summed E-state index contributed by atoms with van der Waals surface area (Å²) in [5.74, 6) is 0.366. The van der Waals surface area contributed by atoms with Crippen molar-refractivity contribution in [1.29, 1.82) is 0 Å². The molecule has 1 aromatic heterocycles. The minimum absolute atomic E-state index is 0.272. The largest absolute Gasteiger partial charge is 0.337 e. The molecular formula is C11H9Cl2N5O. The van der Waals surface area contributed by atoms with E-state index in [1.54, 1.807) is 36.4 Å². The molecule has 0 aliphatic rings. The van der Waals surface area contributed by atoms with Gasteiger partial charge in [-0.1, -0.05) is 29.3 Å². The van der Waals surface area contributed by atoms with Gasteiger partial charge in [0, 0.05) is 10.7 Å². The summed E-state index contributed by atoms with van der Waals surface area (Å²) in [7, 11) is 0. The average Bonchev–Trinajstić information content (AvgIpc) is 2.38. The third kappa shape index (κ3) is 4.27. The highest BCUT2D eigenvalue weighted by atomic mass is 35.5. The van der Waals surface area contributed by atoms with Crippen LogP contribution < -0.4 is 16.2 Å². The number of amides is 2. The lowest BCUT2D eigenvalue weighted by Gasteiger charge is -2.08. The van der Waals surface area contributed by atoms with Gasteiger partial charge in [-0.05, 0) is 30.3 Å². The first kappa shape index (κ1) is 13.4. The average molecular weight is 298 g/mol. The molecule has 0 unspecified atom stereocenters. The lowest BCUT2D eigenvalue weighted by Crippen LogP contribution is -2.33. The SMILES string of the molecule is O=C(NNc1ccc(Cl)nn1)Nc1cccc(Cl)c1. The number of carbonyl (C=O) groups is 1. The Morgan fingerprint density at radius 2 is 1.95 bits per heavy atom. The van der Waals surface area contributed by atoms with Gasteiger partial charge in [0.15, 0.2) is 11.0 Å². The molecule has 2 amide bonds. The molecule has 98 valence electrons. The first-order valence-corrected chi connectivity index (χ1v) is 5.97. The van der Waals surface area contributed by atoms with E-state index < -0.39 is 6.03 Å². The molecule has 1 aromatic carbocycles. The minimum atomic E-state index is -0.459. The second kappa shape index (κ2) is 6.21. The summed E-state index contributed by atoms with van der Waals surface area (Å²) >= 11 is 11.4. The smallest absolute Gasteiger partial charge is 0.307 e. The van der Waals surface area contributed by atoms with Crippen LogP contribution in [0.4, 0.5) is 16.3 Å². The predicted molar refractivity (Wildman–Crippen MR) is 74.3 cm³/mol. The lowest BCUT2D eigenvalue weighted by atomic mass is 10.3. The second-order valence-corrected chi connectivity index (χ2v) is 4.28. The van der Waals surface area contributed by atoms with Crippen LogP contribution in [0, 0.1) is 0 Å². The fraction of sp³-hybridized carbons (Fsp3) is 0. The Morgan fingerprint density at radius 3 is 2.63 bits per heavy atom. The number of halogens is 2. The molecule has 8 heteroatoms. The van der Waals surface area contributed by atoms with Crippen molar-refractivity contribution in [3.8, 4) is 0 Å². The van der Waals surface area contributed by atoms with E-state index in [1.807, 2.05) is 0 Å². The van der Waals surface area contributed by atoms with Gasteiger partial charge >= 0.3 is 6.03 Å². The normalized spacial score (nSPS) is 9.79. The van der Waals surface area contributed by atoms with Crippen LogP contribution in [-0.4, -0.2) is 16.2 Å². The summed E-state index contributed by atoms with van der Waals surface area (Å²) in [6.07, 6.45) is 0. The fourth-order valence-corrected chi connectivity index (χ4v) is 1.52. The number of hydrogen-bond donors (Lipinski definition) is 3. The van der Waals surface area contributed by atoms with Crippen LogP contribution in [0.2, 0.25) is 10.2 Å². The van der Waals surface area contributed by atoms with Gasteiger partial charge in [0.25, 0.3) is 0 Å². The summed E-state index contributed by atoms with van der Waals surface area (Å²) < 4.78 is 0. The Balaban J connectivity index is 1.86. The molecule has 2 aromatic rings. The molecule has 1 heterocycles. The maximum atomic E-state index is 11.6. The van der Waals surface area contributed by atoms with Crippen LogP contribution in [-0.2, 0) is 0 Å².